The first-order valence-corrected chi connectivity index (χ1v) is 30.4. The second-order valence-corrected chi connectivity index (χ2v) is 23.4. The van der Waals surface area contributed by atoms with Crippen LogP contribution in [0.25, 0.3) is 133 Å². The number of rotatable bonds is 7. The summed E-state index contributed by atoms with van der Waals surface area (Å²) in [5, 5.41) is 5.36. The molecule has 2 aliphatic carbocycles. The maximum absolute atomic E-state index is 4.61. The molecule has 0 saturated carbocycles. The van der Waals surface area contributed by atoms with Crippen molar-refractivity contribution in [3.8, 4) is 77.9 Å². The number of aromatic nitrogens is 6. The van der Waals surface area contributed by atoms with Crippen molar-refractivity contribution >= 4 is 89.8 Å². The molecule has 3 aromatic heterocycles. The molecule has 0 bridgehead atoms. The average Bonchev–Trinajstić information content (AvgIpc) is 4.48. The SMILES string of the molecule is Cc1ccc(-c2c3c(c(-c4ccc(-c5ccc(C)c6nsnc56)cc4)c4ccccc24)CCCC3)cc1.c1cc(-c2ccc(-c3c4c(c(-c5ccc(-c6cccc7nsnc67)cc5)c5ccccc35)CCCC4)cc2)c2nsnc2c1. The first kappa shape index (κ1) is 49.4. The number of hydrogen-bond acceptors (Lipinski definition) is 9. The predicted molar refractivity (Wildman–Crippen MR) is 342 cm³/mol. The molecule has 0 radical (unpaired) electrons. The summed E-state index contributed by atoms with van der Waals surface area (Å²) in [6.07, 6.45) is 9.44. The Kier molecular flexibility index (Phi) is 12.7. The van der Waals surface area contributed by atoms with Gasteiger partial charge in [-0.05, 0) is 188 Å². The molecule has 2 aliphatic rings. The van der Waals surface area contributed by atoms with Gasteiger partial charge in [0.25, 0.3) is 0 Å². The minimum absolute atomic E-state index is 0.956. The number of fused-ring (bicyclic) bond motifs is 7. The molecule has 0 amide bonds. The molecule has 0 N–H and O–H groups in total. The minimum Gasteiger partial charge on any atom is -0.173 e. The maximum Gasteiger partial charge on any atom is 0.112 e. The van der Waals surface area contributed by atoms with E-state index < -0.39 is 0 Å². The zero-order valence-corrected chi connectivity index (χ0v) is 47.5. The molecule has 16 rings (SSSR count). The maximum atomic E-state index is 4.61. The van der Waals surface area contributed by atoms with Crippen molar-refractivity contribution in [3.63, 3.8) is 0 Å². The predicted octanol–water partition coefficient (Wildman–Crippen LogP) is 19.7. The largest absolute Gasteiger partial charge is 0.173 e. The zero-order valence-electron chi connectivity index (χ0n) is 45.0. The fraction of sp³-hybridized carbons (Fsp3) is 0.139. The molecule has 3 heterocycles. The fourth-order valence-electron chi connectivity index (χ4n) is 13.2. The van der Waals surface area contributed by atoms with Gasteiger partial charge in [0.2, 0.25) is 0 Å². The highest BCUT2D eigenvalue weighted by atomic mass is 32.1. The van der Waals surface area contributed by atoms with E-state index in [1.807, 2.05) is 12.1 Å². The van der Waals surface area contributed by atoms with Crippen molar-refractivity contribution < 1.29 is 0 Å². The van der Waals surface area contributed by atoms with Gasteiger partial charge in [-0.2, -0.15) is 26.2 Å². The number of hydrogen-bond donors (Lipinski definition) is 0. The van der Waals surface area contributed by atoms with Crippen molar-refractivity contribution in [2.75, 3.05) is 0 Å². The lowest BCUT2D eigenvalue weighted by Gasteiger charge is -2.26. The highest BCUT2D eigenvalue weighted by Gasteiger charge is 2.26. The molecular weight excluding hydrogens is 1050 g/mol. The van der Waals surface area contributed by atoms with Crippen LogP contribution in [0, 0.1) is 13.8 Å². The molecule has 0 fully saturated rings. The molecule has 0 atom stereocenters. The van der Waals surface area contributed by atoms with Crippen LogP contribution in [0.5, 0.6) is 0 Å². The summed E-state index contributed by atoms with van der Waals surface area (Å²) in [5.74, 6) is 0. The fourth-order valence-corrected chi connectivity index (χ4v) is 14.9. The van der Waals surface area contributed by atoms with Crippen LogP contribution in [-0.2, 0) is 25.7 Å². The molecule has 81 heavy (non-hydrogen) atoms. The van der Waals surface area contributed by atoms with E-state index in [2.05, 4.69) is 222 Å². The Bertz CT molecular complexity index is 4540. The third kappa shape index (κ3) is 8.74. The molecule has 390 valence electrons. The van der Waals surface area contributed by atoms with Gasteiger partial charge >= 0.3 is 0 Å². The van der Waals surface area contributed by atoms with E-state index in [1.165, 1.54) is 171 Å². The Morgan fingerprint density at radius 3 is 0.988 bits per heavy atom. The molecule has 0 unspecified atom stereocenters. The van der Waals surface area contributed by atoms with Crippen LogP contribution in [0.3, 0.4) is 0 Å². The van der Waals surface area contributed by atoms with E-state index in [9.17, 15) is 0 Å². The first-order valence-electron chi connectivity index (χ1n) is 28.2. The molecule has 11 aromatic carbocycles. The molecule has 6 nitrogen and oxygen atoms in total. The normalized spacial score (nSPS) is 13.2. The monoisotopic (exact) mass is 1100 g/mol. The van der Waals surface area contributed by atoms with Crippen LogP contribution in [0.4, 0.5) is 0 Å². The summed E-state index contributed by atoms with van der Waals surface area (Å²) < 4.78 is 27.2. The average molecular weight is 1100 g/mol. The third-order valence-electron chi connectivity index (χ3n) is 17.1. The van der Waals surface area contributed by atoms with Crippen molar-refractivity contribution in [1.82, 2.24) is 26.2 Å². The lowest BCUT2D eigenvalue weighted by molar-refractivity contribution is 0.689. The van der Waals surface area contributed by atoms with E-state index in [1.54, 1.807) is 5.56 Å². The van der Waals surface area contributed by atoms with Gasteiger partial charge in [0, 0.05) is 16.7 Å². The van der Waals surface area contributed by atoms with Crippen LogP contribution < -0.4 is 0 Å². The molecule has 0 aliphatic heterocycles. The van der Waals surface area contributed by atoms with Gasteiger partial charge in [-0.3, -0.25) is 0 Å². The van der Waals surface area contributed by atoms with Gasteiger partial charge in [0.05, 0.1) is 35.2 Å². The number of benzene rings is 11. The summed E-state index contributed by atoms with van der Waals surface area (Å²) in [7, 11) is 0. The Morgan fingerprint density at radius 2 is 0.593 bits per heavy atom. The van der Waals surface area contributed by atoms with E-state index in [0.717, 1.165) is 75.5 Å². The van der Waals surface area contributed by atoms with Crippen molar-refractivity contribution in [1.29, 1.82) is 0 Å². The van der Waals surface area contributed by atoms with Crippen molar-refractivity contribution in [2.24, 2.45) is 0 Å². The highest BCUT2D eigenvalue weighted by molar-refractivity contribution is 7.00. The minimum atomic E-state index is 0.956. The summed E-state index contributed by atoms with van der Waals surface area (Å²) >= 11 is 3.84. The molecule has 14 aromatic rings. The molecule has 0 spiro atoms. The number of nitrogens with zero attached hydrogens (tertiary/aromatic N) is 6. The summed E-state index contributed by atoms with van der Waals surface area (Å²) in [6, 6.07) is 71.2. The van der Waals surface area contributed by atoms with E-state index in [-0.39, 0.29) is 0 Å². The topological polar surface area (TPSA) is 77.3 Å². The van der Waals surface area contributed by atoms with E-state index in [0.29, 0.717) is 0 Å². The lowest BCUT2D eigenvalue weighted by Crippen LogP contribution is -2.08. The first-order chi connectivity index (χ1) is 40.0. The van der Waals surface area contributed by atoms with Gasteiger partial charge < -0.3 is 0 Å². The molecular formula is C72H54N6S3. The van der Waals surface area contributed by atoms with Crippen LogP contribution in [0.2, 0.25) is 0 Å². The van der Waals surface area contributed by atoms with Gasteiger partial charge in [0.15, 0.2) is 0 Å². The van der Waals surface area contributed by atoms with Gasteiger partial charge in [-0.25, -0.2) is 0 Å². The molecule has 9 heteroatoms. The van der Waals surface area contributed by atoms with Crippen LogP contribution >= 0.6 is 35.2 Å². The van der Waals surface area contributed by atoms with Crippen molar-refractivity contribution in [2.45, 2.75) is 65.2 Å². The van der Waals surface area contributed by atoms with Gasteiger partial charge in [-0.1, -0.05) is 188 Å². The third-order valence-corrected chi connectivity index (χ3v) is 18.7. The number of aryl methyl sites for hydroxylation is 2. The van der Waals surface area contributed by atoms with Crippen LogP contribution in [0.1, 0.15) is 59.1 Å². The highest BCUT2D eigenvalue weighted by Crippen LogP contribution is 2.48. The Balaban J connectivity index is 0.000000141. The summed E-state index contributed by atoms with van der Waals surface area (Å²) in [6.45, 7) is 4.27. The van der Waals surface area contributed by atoms with Gasteiger partial charge in [-0.15, -0.1) is 0 Å². The Labute approximate surface area is 483 Å². The summed E-state index contributed by atoms with van der Waals surface area (Å²) in [5.41, 5.74) is 32.2. The van der Waals surface area contributed by atoms with Crippen LogP contribution in [0.15, 0.2) is 194 Å². The van der Waals surface area contributed by atoms with Crippen molar-refractivity contribution in [3.05, 3.63) is 228 Å². The standard InChI is InChI=1S/C38H26N4S2.C34H28N2S/c1-2-8-30-29(7-1)35(25-19-15-23(16-20-25)27-11-5-13-33-37(27)41-43-39-33)31-9-3-4-10-32(31)36(30)26-21-17-24(18-22-26)28-12-6-14-34-38(28)42-44-40-34;1-21-11-14-24(15-12-21)31-27-7-3-5-9-29(27)32(30-10-6-4-8-28(30)31)25-18-16-23(17-19-25)26-20-13-22(2)33-34(26)36-37-35-33/h1-2,5-8,11-22H,3-4,9-10H2;3,5,7,9,11-20H,4,6,8,10H2,1-2H3. The second kappa shape index (κ2) is 20.8. The van der Waals surface area contributed by atoms with Crippen LogP contribution in [-0.4, -0.2) is 26.2 Å². The van der Waals surface area contributed by atoms with Gasteiger partial charge in [0.1, 0.15) is 33.1 Å². The van der Waals surface area contributed by atoms with E-state index >= 15 is 0 Å². The van der Waals surface area contributed by atoms with E-state index in [4.69, 9.17) is 0 Å². The second-order valence-electron chi connectivity index (χ2n) is 21.8. The Hall–Kier alpha value is -8.60. The smallest absolute Gasteiger partial charge is 0.112 e. The molecule has 0 saturated heterocycles. The zero-order chi connectivity index (χ0) is 54.0. The summed E-state index contributed by atoms with van der Waals surface area (Å²) in [4.78, 5) is 0. The Morgan fingerprint density at radius 1 is 0.272 bits per heavy atom. The lowest BCUT2D eigenvalue weighted by atomic mass is 9.77. The quantitative estimate of drug-likeness (QED) is 0.158.